The fourth-order valence-electron chi connectivity index (χ4n) is 3.83. The molecule has 0 fully saturated rings. The van der Waals surface area contributed by atoms with Gasteiger partial charge in [-0.3, -0.25) is 9.89 Å². The first kappa shape index (κ1) is 26.4. The fourth-order valence-corrected chi connectivity index (χ4v) is 3.83. The monoisotopic (exact) mass is 505 g/mol. The van der Waals surface area contributed by atoms with Crippen molar-refractivity contribution in [3.8, 4) is 11.8 Å². The Morgan fingerprint density at radius 3 is 1.84 bits per heavy atom. The second-order valence-corrected chi connectivity index (χ2v) is 10.1. The molecule has 3 aromatic carbocycles. The Labute approximate surface area is 222 Å². The van der Waals surface area contributed by atoms with Gasteiger partial charge in [-0.15, -0.1) is 5.11 Å². The van der Waals surface area contributed by atoms with E-state index in [-0.39, 0.29) is 16.7 Å². The van der Waals surface area contributed by atoms with Crippen molar-refractivity contribution in [1.82, 2.24) is 9.78 Å². The number of aromatic nitrogens is 2. The van der Waals surface area contributed by atoms with Crippen LogP contribution >= 0.6 is 0 Å². The van der Waals surface area contributed by atoms with Gasteiger partial charge in [0.05, 0.1) is 40.1 Å². The first-order valence-electron chi connectivity index (χ1n) is 12.7. The van der Waals surface area contributed by atoms with Gasteiger partial charge in [0, 0.05) is 5.41 Å². The van der Waals surface area contributed by atoms with Crippen molar-refractivity contribution < 1.29 is 0 Å². The average molecular weight is 506 g/mol. The van der Waals surface area contributed by atoms with Crippen LogP contribution in [0.2, 0.25) is 0 Å². The highest BCUT2D eigenvalue weighted by molar-refractivity contribution is 5.50. The van der Waals surface area contributed by atoms with Crippen LogP contribution in [0.25, 0.3) is 5.69 Å². The van der Waals surface area contributed by atoms with Crippen molar-refractivity contribution in [1.29, 1.82) is 5.26 Å². The number of azo groups is 2. The predicted molar refractivity (Wildman–Crippen MR) is 150 cm³/mol. The Balaban J connectivity index is 1.55. The molecule has 1 N–H and O–H groups in total. The summed E-state index contributed by atoms with van der Waals surface area (Å²) in [5, 5.41) is 29.3. The van der Waals surface area contributed by atoms with Crippen LogP contribution in [0.3, 0.4) is 0 Å². The number of nitrogens with zero attached hydrogens (tertiary/aromatic N) is 6. The highest BCUT2D eigenvalue weighted by Gasteiger charge is 2.25. The summed E-state index contributed by atoms with van der Waals surface area (Å²) in [6.45, 7) is 8.27. The first-order valence-corrected chi connectivity index (χ1v) is 12.7. The molecule has 4 rings (SSSR count). The zero-order valence-electron chi connectivity index (χ0n) is 22.1. The molecule has 8 nitrogen and oxygen atoms in total. The standard InChI is InChI=1S/C30H31N7O/c1-5-6-7-21-10-18-26(19-11-21)37-29(38)27(28(36-37)30(2,3)4)35-34-25-16-14-24(15-17-25)33-32-23-12-8-22(20-31)9-13-23/h8-19,36H,5-7H2,1-4H3. The van der Waals surface area contributed by atoms with E-state index in [1.165, 1.54) is 10.2 Å². The zero-order chi connectivity index (χ0) is 27.1. The van der Waals surface area contributed by atoms with Crippen molar-refractivity contribution in [2.45, 2.75) is 52.4 Å². The van der Waals surface area contributed by atoms with Crippen LogP contribution in [0.15, 0.2) is 98.0 Å². The molecule has 38 heavy (non-hydrogen) atoms. The maximum Gasteiger partial charge on any atom is 0.299 e. The quantitative estimate of drug-likeness (QED) is 0.242. The number of nitriles is 1. The van der Waals surface area contributed by atoms with E-state index in [9.17, 15) is 4.79 Å². The molecule has 4 aromatic rings. The summed E-state index contributed by atoms with van der Waals surface area (Å²) >= 11 is 0. The van der Waals surface area contributed by atoms with Crippen molar-refractivity contribution in [2.24, 2.45) is 20.5 Å². The van der Waals surface area contributed by atoms with E-state index in [4.69, 9.17) is 5.26 Å². The lowest BCUT2D eigenvalue weighted by atomic mass is 9.91. The van der Waals surface area contributed by atoms with Gasteiger partial charge in [-0.1, -0.05) is 46.2 Å². The Morgan fingerprint density at radius 2 is 1.34 bits per heavy atom. The van der Waals surface area contributed by atoms with E-state index in [0.717, 1.165) is 24.9 Å². The minimum Gasteiger partial charge on any atom is -0.292 e. The fraction of sp³-hybridized carbons (Fsp3) is 0.267. The molecular weight excluding hydrogens is 474 g/mol. The minimum absolute atomic E-state index is 0.243. The van der Waals surface area contributed by atoms with Crippen LogP contribution in [-0.2, 0) is 11.8 Å². The number of rotatable bonds is 8. The van der Waals surface area contributed by atoms with E-state index in [2.05, 4.69) is 50.7 Å². The third-order valence-electron chi connectivity index (χ3n) is 6.02. The number of unbranched alkanes of at least 4 members (excludes halogenated alkanes) is 1. The Kier molecular flexibility index (Phi) is 8.07. The maximum absolute atomic E-state index is 13.4. The number of hydrogen-bond acceptors (Lipinski definition) is 6. The van der Waals surface area contributed by atoms with E-state index in [0.29, 0.717) is 28.3 Å². The number of benzene rings is 3. The normalized spacial score (nSPS) is 11.9. The van der Waals surface area contributed by atoms with Crippen LogP contribution in [0.1, 0.15) is 57.4 Å². The van der Waals surface area contributed by atoms with E-state index >= 15 is 0 Å². The lowest BCUT2D eigenvalue weighted by molar-refractivity contribution is 0.560. The molecule has 192 valence electrons. The smallest absolute Gasteiger partial charge is 0.292 e. The van der Waals surface area contributed by atoms with Gasteiger partial charge in [-0.2, -0.15) is 20.6 Å². The summed E-state index contributed by atoms with van der Waals surface area (Å²) in [5.41, 5.74) is 4.91. The van der Waals surface area contributed by atoms with Gasteiger partial charge in [0.15, 0.2) is 5.69 Å². The molecule has 0 spiro atoms. The highest BCUT2D eigenvalue weighted by atomic mass is 16.1. The number of hydrogen-bond donors (Lipinski definition) is 1. The SMILES string of the molecule is CCCCc1ccc(-n2[nH]c(C(C)(C)C)c(N=Nc3ccc(N=Nc4ccc(C#N)cc4)cc3)c2=O)cc1. The van der Waals surface area contributed by atoms with E-state index in [1.54, 1.807) is 48.5 Å². The lowest BCUT2D eigenvalue weighted by Crippen LogP contribution is -2.14. The predicted octanol–water partition coefficient (Wildman–Crippen LogP) is 8.51. The van der Waals surface area contributed by atoms with Crippen molar-refractivity contribution in [2.75, 3.05) is 0 Å². The first-order chi connectivity index (χ1) is 18.3. The van der Waals surface area contributed by atoms with Gasteiger partial charge in [0.2, 0.25) is 0 Å². The second kappa shape index (κ2) is 11.6. The summed E-state index contributed by atoms with van der Waals surface area (Å²) in [4.78, 5) is 13.4. The summed E-state index contributed by atoms with van der Waals surface area (Å²) in [6, 6.07) is 24.1. The van der Waals surface area contributed by atoms with Gasteiger partial charge >= 0.3 is 0 Å². The third-order valence-corrected chi connectivity index (χ3v) is 6.02. The van der Waals surface area contributed by atoms with Crippen LogP contribution in [0.5, 0.6) is 0 Å². The van der Waals surface area contributed by atoms with E-state index < -0.39 is 0 Å². The molecule has 1 aromatic heterocycles. The molecule has 0 aliphatic rings. The largest absolute Gasteiger partial charge is 0.299 e. The topological polar surface area (TPSA) is 111 Å². The van der Waals surface area contributed by atoms with Gasteiger partial charge < -0.3 is 0 Å². The summed E-state index contributed by atoms with van der Waals surface area (Å²) < 4.78 is 1.53. The van der Waals surface area contributed by atoms with Crippen LogP contribution in [0.4, 0.5) is 22.7 Å². The average Bonchev–Trinajstić information content (AvgIpc) is 3.27. The lowest BCUT2D eigenvalue weighted by Gasteiger charge is -2.16. The summed E-state index contributed by atoms with van der Waals surface area (Å²) in [6.07, 6.45) is 3.31. The molecule has 0 aliphatic heterocycles. The zero-order valence-corrected chi connectivity index (χ0v) is 22.1. The van der Waals surface area contributed by atoms with Crippen LogP contribution in [-0.4, -0.2) is 9.78 Å². The Bertz CT molecular complexity index is 1530. The van der Waals surface area contributed by atoms with Gasteiger partial charge in [0.1, 0.15) is 0 Å². The molecule has 8 heteroatoms. The summed E-state index contributed by atoms with van der Waals surface area (Å²) in [5.74, 6) is 0. The van der Waals surface area contributed by atoms with Crippen LogP contribution < -0.4 is 5.56 Å². The molecule has 0 radical (unpaired) electrons. The molecule has 0 saturated carbocycles. The number of H-pyrrole nitrogens is 1. The highest BCUT2D eigenvalue weighted by Crippen LogP contribution is 2.30. The number of aromatic amines is 1. The van der Waals surface area contributed by atoms with Gasteiger partial charge in [0.25, 0.3) is 5.56 Å². The Hall–Kier alpha value is -4.64. The van der Waals surface area contributed by atoms with Crippen molar-refractivity contribution in [3.05, 3.63) is 100.0 Å². The third kappa shape index (κ3) is 6.37. The molecule has 0 atom stereocenters. The van der Waals surface area contributed by atoms with Crippen molar-refractivity contribution >= 4 is 22.7 Å². The van der Waals surface area contributed by atoms with Gasteiger partial charge in [-0.25, -0.2) is 4.68 Å². The second-order valence-electron chi connectivity index (χ2n) is 10.1. The molecule has 1 heterocycles. The summed E-state index contributed by atoms with van der Waals surface area (Å²) in [7, 11) is 0. The minimum atomic E-state index is -0.338. The van der Waals surface area contributed by atoms with Crippen LogP contribution in [0, 0.1) is 11.3 Å². The molecular formula is C30H31N7O. The molecule has 0 unspecified atom stereocenters. The van der Waals surface area contributed by atoms with E-state index in [1.807, 2.05) is 32.9 Å². The maximum atomic E-state index is 13.4. The number of aryl methyl sites for hydroxylation is 1. The molecule has 0 saturated heterocycles. The number of nitrogens with one attached hydrogen (secondary N) is 1. The molecule has 0 amide bonds. The molecule has 0 bridgehead atoms. The molecule has 0 aliphatic carbocycles. The van der Waals surface area contributed by atoms with Crippen molar-refractivity contribution in [3.63, 3.8) is 0 Å². The van der Waals surface area contributed by atoms with Gasteiger partial charge in [-0.05, 0) is 79.1 Å². The Morgan fingerprint density at radius 1 is 0.816 bits per heavy atom.